The van der Waals surface area contributed by atoms with Gasteiger partial charge in [0.1, 0.15) is 17.7 Å². The molecule has 0 amide bonds. The Labute approximate surface area is 192 Å². The molecule has 0 spiro atoms. The maximum atomic E-state index is 14.4. The van der Waals surface area contributed by atoms with Gasteiger partial charge in [0.05, 0.1) is 16.9 Å². The van der Waals surface area contributed by atoms with E-state index in [2.05, 4.69) is 28.1 Å². The minimum atomic E-state index is -0.535. The van der Waals surface area contributed by atoms with Gasteiger partial charge in [0.25, 0.3) is 0 Å². The van der Waals surface area contributed by atoms with Gasteiger partial charge in [-0.2, -0.15) is 5.26 Å². The van der Waals surface area contributed by atoms with E-state index in [1.54, 1.807) is 6.07 Å². The first-order valence-electron chi connectivity index (χ1n) is 11.4. The summed E-state index contributed by atoms with van der Waals surface area (Å²) in [5, 5.41) is 18.5. The minimum Gasteiger partial charge on any atom is -0.368 e. The van der Waals surface area contributed by atoms with Crippen LogP contribution in [0.2, 0.25) is 0 Å². The molecule has 1 fully saturated rings. The van der Waals surface area contributed by atoms with E-state index in [0.29, 0.717) is 11.5 Å². The molecule has 1 unspecified atom stereocenters. The van der Waals surface area contributed by atoms with E-state index in [0.717, 1.165) is 53.9 Å². The van der Waals surface area contributed by atoms with Crippen LogP contribution in [0.15, 0.2) is 54.7 Å². The van der Waals surface area contributed by atoms with Gasteiger partial charge in [-0.15, -0.1) is 5.10 Å². The molecule has 7 heteroatoms. The van der Waals surface area contributed by atoms with Crippen molar-refractivity contribution in [3.05, 3.63) is 66.1 Å². The van der Waals surface area contributed by atoms with Crippen molar-refractivity contribution >= 4 is 16.7 Å². The maximum absolute atomic E-state index is 14.4. The highest BCUT2D eigenvalue weighted by Gasteiger charge is 2.20. The van der Waals surface area contributed by atoms with Crippen LogP contribution in [0.1, 0.15) is 31.2 Å². The number of rotatable bonds is 5. The number of nitrogens with zero attached hydrogens (tertiary/aromatic N) is 4. The summed E-state index contributed by atoms with van der Waals surface area (Å²) < 4.78 is 18.3. The van der Waals surface area contributed by atoms with Crippen molar-refractivity contribution in [2.24, 2.45) is 18.7 Å². The summed E-state index contributed by atoms with van der Waals surface area (Å²) >= 11 is 0. The Balaban J connectivity index is 1.52. The average molecular weight is 443 g/mol. The fraction of sp³-hybridized carbons (Fsp3) is 0.308. The Hall–Kier alpha value is -3.63. The highest BCUT2D eigenvalue weighted by atomic mass is 19.1. The summed E-state index contributed by atoms with van der Waals surface area (Å²) in [6.07, 6.45) is 6.47. The molecule has 2 heterocycles. The predicted molar refractivity (Wildman–Crippen MR) is 129 cm³/mol. The van der Waals surface area contributed by atoms with Crippen molar-refractivity contribution in [2.45, 2.75) is 31.7 Å². The van der Waals surface area contributed by atoms with Crippen LogP contribution < -0.4 is 11.1 Å². The number of nitrogens with two attached hydrogens (primary N) is 1. The van der Waals surface area contributed by atoms with E-state index < -0.39 is 5.82 Å². The van der Waals surface area contributed by atoms with Crippen LogP contribution >= 0.6 is 0 Å². The SMILES string of the molecule is Cn1ccc2cc(-n3nc(NCC4CCC[C@H](N)C4)cc3-c3ccc(C#N)c(F)c3)ccc21. The first-order valence-corrected chi connectivity index (χ1v) is 11.4. The van der Waals surface area contributed by atoms with Gasteiger partial charge in [-0.3, -0.25) is 0 Å². The average Bonchev–Trinajstić information content (AvgIpc) is 3.41. The Bertz CT molecular complexity index is 1340. The molecule has 0 aliphatic heterocycles. The molecule has 2 atom stereocenters. The molecular formula is C26H27FN6. The van der Waals surface area contributed by atoms with Crippen LogP contribution in [0.4, 0.5) is 10.2 Å². The van der Waals surface area contributed by atoms with Gasteiger partial charge in [-0.05, 0) is 61.6 Å². The number of aryl methyl sites for hydroxylation is 1. The predicted octanol–water partition coefficient (Wildman–Crippen LogP) is 4.97. The van der Waals surface area contributed by atoms with E-state index in [4.69, 9.17) is 16.1 Å². The third kappa shape index (κ3) is 4.22. The molecule has 2 aromatic carbocycles. The third-order valence-electron chi connectivity index (χ3n) is 6.60. The molecule has 33 heavy (non-hydrogen) atoms. The third-order valence-corrected chi connectivity index (χ3v) is 6.60. The smallest absolute Gasteiger partial charge is 0.149 e. The zero-order chi connectivity index (χ0) is 22.9. The summed E-state index contributed by atoms with van der Waals surface area (Å²) in [7, 11) is 2.01. The Morgan fingerprint density at radius 1 is 1.18 bits per heavy atom. The number of halogens is 1. The van der Waals surface area contributed by atoms with Crippen molar-refractivity contribution in [1.29, 1.82) is 5.26 Å². The molecule has 1 aliphatic carbocycles. The number of hydrogen-bond donors (Lipinski definition) is 2. The Kier molecular flexibility index (Phi) is 5.61. The number of anilines is 1. The molecule has 6 nitrogen and oxygen atoms in total. The number of nitrogens with one attached hydrogen (secondary N) is 1. The molecule has 0 saturated heterocycles. The van der Waals surface area contributed by atoms with E-state index in [-0.39, 0.29) is 11.6 Å². The van der Waals surface area contributed by atoms with Crippen LogP contribution in [-0.2, 0) is 7.05 Å². The topological polar surface area (TPSA) is 84.6 Å². The molecule has 1 saturated carbocycles. The van der Waals surface area contributed by atoms with Crippen LogP contribution in [0.3, 0.4) is 0 Å². The number of hydrogen-bond acceptors (Lipinski definition) is 4. The van der Waals surface area contributed by atoms with E-state index in [9.17, 15) is 4.39 Å². The number of benzene rings is 2. The van der Waals surface area contributed by atoms with Crippen molar-refractivity contribution < 1.29 is 4.39 Å². The van der Waals surface area contributed by atoms with Crippen molar-refractivity contribution in [2.75, 3.05) is 11.9 Å². The van der Waals surface area contributed by atoms with E-state index in [1.165, 1.54) is 18.6 Å². The molecule has 168 valence electrons. The molecule has 5 rings (SSSR count). The van der Waals surface area contributed by atoms with Crippen LogP contribution in [-0.4, -0.2) is 26.9 Å². The highest BCUT2D eigenvalue weighted by Crippen LogP contribution is 2.30. The lowest BCUT2D eigenvalue weighted by molar-refractivity contribution is 0.335. The molecule has 0 radical (unpaired) electrons. The highest BCUT2D eigenvalue weighted by molar-refractivity contribution is 5.82. The molecule has 2 aromatic heterocycles. The summed E-state index contributed by atoms with van der Waals surface area (Å²) in [6, 6.07) is 17.0. The minimum absolute atomic E-state index is 0.0301. The number of nitriles is 1. The molecular weight excluding hydrogens is 415 g/mol. The van der Waals surface area contributed by atoms with Crippen LogP contribution in [0, 0.1) is 23.1 Å². The lowest BCUT2D eigenvalue weighted by Gasteiger charge is -2.26. The van der Waals surface area contributed by atoms with Crippen molar-refractivity contribution in [3.63, 3.8) is 0 Å². The first-order chi connectivity index (χ1) is 16.0. The van der Waals surface area contributed by atoms with Gasteiger partial charge in [-0.25, -0.2) is 9.07 Å². The van der Waals surface area contributed by atoms with Gasteiger partial charge in [-0.1, -0.05) is 12.5 Å². The number of fused-ring (bicyclic) bond motifs is 1. The fourth-order valence-electron chi connectivity index (χ4n) is 4.80. The van der Waals surface area contributed by atoms with E-state index >= 15 is 0 Å². The standard InChI is InChI=1S/C26H27FN6/c1-32-10-9-19-12-22(7-8-24(19)32)33-25(18-5-6-20(15-28)23(27)13-18)14-26(31-33)30-16-17-3-2-4-21(29)11-17/h5-10,12-14,17,21H,2-4,11,16,29H2,1H3,(H,30,31)/t17?,21-/m0/s1. The Morgan fingerprint density at radius 2 is 2.06 bits per heavy atom. The molecule has 1 aliphatic rings. The second-order valence-electron chi connectivity index (χ2n) is 8.98. The molecule has 4 aromatic rings. The monoisotopic (exact) mass is 442 g/mol. The normalized spacial score (nSPS) is 18.4. The van der Waals surface area contributed by atoms with Crippen molar-refractivity contribution in [1.82, 2.24) is 14.3 Å². The zero-order valence-corrected chi connectivity index (χ0v) is 18.6. The summed E-state index contributed by atoms with van der Waals surface area (Å²) in [6.45, 7) is 0.809. The zero-order valence-electron chi connectivity index (χ0n) is 18.6. The number of aromatic nitrogens is 3. The first kappa shape index (κ1) is 21.2. The van der Waals surface area contributed by atoms with Gasteiger partial charge in [0.15, 0.2) is 0 Å². The molecule has 0 bridgehead atoms. The lowest BCUT2D eigenvalue weighted by Crippen LogP contribution is -2.31. The van der Waals surface area contributed by atoms with E-state index in [1.807, 2.05) is 36.1 Å². The summed E-state index contributed by atoms with van der Waals surface area (Å²) in [5.74, 6) is 0.726. The van der Waals surface area contributed by atoms with Gasteiger partial charge in [0, 0.05) is 48.4 Å². The van der Waals surface area contributed by atoms with Crippen LogP contribution in [0.25, 0.3) is 27.8 Å². The quantitative estimate of drug-likeness (QED) is 0.457. The Morgan fingerprint density at radius 3 is 2.85 bits per heavy atom. The van der Waals surface area contributed by atoms with Crippen LogP contribution in [0.5, 0.6) is 0 Å². The summed E-state index contributed by atoms with van der Waals surface area (Å²) in [5.41, 5.74) is 9.63. The second-order valence-corrected chi connectivity index (χ2v) is 8.98. The van der Waals surface area contributed by atoms with Gasteiger partial charge in [0.2, 0.25) is 0 Å². The fourth-order valence-corrected chi connectivity index (χ4v) is 4.80. The maximum Gasteiger partial charge on any atom is 0.149 e. The largest absolute Gasteiger partial charge is 0.368 e. The summed E-state index contributed by atoms with van der Waals surface area (Å²) in [4.78, 5) is 0. The van der Waals surface area contributed by atoms with Crippen molar-refractivity contribution in [3.8, 4) is 23.0 Å². The lowest BCUT2D eigenvalue weighted by atomic mass is 9.86. The second kappa shape index (κ2) is 8.72. The van der Waals surface area contributed by atoms with Gasteiger partial charge < -0.3 is 15.6 Å². The molecule has 3 N–H and O–H groups in total. The van der Waals surface area contributed by atoms with Gasteiger partial charge >= 0.3 is 0 Å².